The molecule has 152 valence electrons. The fraction of sp³-hybridized carbons (Fsp3) is 0.650. The Hall–Kier alpha value is -2.35. The number of likely N-dealkylation sites (tertiary alicyclic amines) is 2. The van der Waals surface area contributed by atoms with Crippen molar-refractivity contribution in [3.05, 3.63) is 24.2 Å². The van der Waals surface area contributed by atoms with Gasteiger partial charge in [-0.25, -0.2) is 0 Å². The molecule has 3 saturated heterocycles. The van der Waals surface area contributed by atoms with Gasteiger partial charge in [0.2, 0.25) is 11.8 Å². The number of ether oxygens (including phenoxy) is 1. The lowest BCUT2D eigenvalue weighted by Gasteiger charge is -2.44. The summed E-state index contributed by atoms with van der Waals surface area (Å²) in [6.07, 6.45) is 4.88. The molecule has 0 bridgehead atoms. The van der Waals surface area contributed by atoms with Gasteiger partial charge >= 0.3 is 0 Å². The van der Waals surface area contributed by atoms with Crippen LogP contribution in [0.25, 0.3) is 0 Å². The lowest BCUT2D eigenvalue weighted by Crippen LogP contribution is -2.60. The molecule has 8 heteroatoms. The third kappa shape index (κ3) is 3.19. The molecule has 0 radical (unpaired) electrons. The number of piperidine rings is 1. The monoisotopic (exact) mass is 389 g/mol. The fourth-order valence-corrected chi connectivity index (χ4v) is 4.55. The van der Waals surface area contributed by atoms with Crippen LogP contribution in [0.2, 0.25) is 0 Å². The van der Waals surface area contributed by atoms with Crippen LogP contribution >= 0.6 is 0 Å². The highest BCUT2D eigenvalue weighted by atomic mass is 16.5. The molecular weight excluding hydrogens is 362 g/mol. The van der Waals surface area contributed by atoms with Crippen molar-refractivity contribution in [2.24, 2.45) is 0 Å². The first-order valence-corrected chi connectivity index (χ1v) is 10.1. The van der Waals surface area contributed by atoms with Crippen molar-refractivity contribution in [3.63, 3.8) is 0 Å². The van der Waals surface area contributed by atoms with Gasteiger partial charge < -0.3 is 19.0 Å². The van der Waals surface area contributed by atoms with Crippen molar-refractivity contribution in [1.82, 2.24) is 14.7 Å². The summed E-state index contributed by atoms with van der Waals surface area (Å²) in [5.41, 5.74) is -0.867. The van der Waals surface area contributed by atoms with Gasteiger partial charge in [-0.2, -0.15) is 0 Å². The molecule has 1 aromatic rings. The van der Waals surface area contributed by atoms with Crippen LogP contribution in [0.15, 0.2) is 22.8 Å². The van der Waals surface area contributed by atoms with Crippen molar-refractivity contribution in [2.75, 3.05) is 32.8 Å². The van der Waals surface area contributed by atoms with Gasteiger partial charge in [0.15, 0.2) is 5.76 Å². The Kier molecular flexibility index (Phi) is 5.14. The topological polar surface area (TPSA) is 83.3 Å². The first-order chi connectivity index (χ1) is 13.6. The molecule has 4 heterocycles. The van der Waals surface area contributed by atoms with Crippen LogP contribution in [0.4, 0.5) is 0 Å². The summed E-state index contributed by atoms with van der Waals surface area (Å²) >= 11 is 0. The summed E-state index contributed by atoms with van der Waals surface area (Å²) in [6, 6.07) is 2.63. The Bertz CT molecular complexity index is 733. The van der Waals surface area contributed by atoms with Crippen LogP contribution in [0.5, 0.6) is 0 Å². The van der Waals surface area contributed by atoms with E-state index in [1.54, 1.807) is 21.9 Å². The Morgan fingerprint density at radius 1 is 1.11 bits per heavy atom. The smallest absolute Gasteiger partial charge is 0.292 e. The number of furan rings is 1. The van der Waals surface area contributed by atoms with E-state index < -0.39 is 11.8 Å². The molecule has 3 amide bonds. The molecule has 0 aromatic carbocycles. The molecule has 0 unspecified atom stereocenters. The Balaban J connectivity index is 1.60. The van der Waals surface area contributed by atoms with E-state index in [1.807, 2.05) is 11.8 Å². The third-order valence-corrected chi connectivity index (χ3v) is 6.11. The lowest BCUT2D eigenvalue weighted by atomic mass is 9.97. The van der Waals surface area contributed by atoms with Crippen molar-refractivity contribution in [2.45, 2.75) is 50.8 Å². The Morgan fingerprint density at radius 3 is 2.43 bits per heavy atom. The second-order valence-corrected chi connectivity index (χ2v) is 7.69. The largest absolute Gasteiger partial charge is 0.459 e. The minimum atomic E-state index is -0.867. The van der Waals surface area contributed by atoms with Crippen molar-refractivity contribution < 1.29 is 23.5 Å². The van der Waals surface area contributed by atoms with E-state index in [1.165, 1.54) is 6.26 Å². The normalized spacial score (nSPS) is 24.2. The molecule has 0 saturated carbocycles. The van der Waals surface area contributed by atoms with E-state index in [0.29, 0.717) is 32.4 Å². The van der Waals surface area contributed by atoms with Gasteiger partial charge in [-0.05, 0) is 25.0 Å². The number of carbonyl (C=O) groups is 3. The Morgan fingerprint density at radius 2 is 1.82 bits per heavy atom. The first kappa shape index (κ1) is 19.0. The maximum atomic E-state index is 13.3. The van der Waals surface area contributed by atoms with Gasteiger partial charge in [-0.1, -0.05) is 6.92 Å². The van der Waals surface area contributed by atoms with Crippen LogP contribution in [-0.2, 0) is 14.3 Å². The fourth-order valence-electron chi connectivity index (χ4n) is 4.55. The number of amides is 3. The van der Waals surface area contributed by atoms with E-state index in [4.69, 9.17) is 9.15 Å². The average molecular weight is 389 g/mol. The average Bonchev–Trinajstić information content (AvgIpc) is 3.48. The van der Waals surface area contributed by atoms with E-state index in [2.05, 4.69) is 0 Å². The quantitative estimate of drug-likeness (QED) is 0.782. The number of hydrogen-bond donors (Lipinski definition) is 0. The SMILES string of the molecule is CCC(=O)N1CCC2(CC1)OC[C@H](C(=O)N1CCCC1)N2C(=O)c1ccco1. The van der Waals surface area contributed by atoms with Crippen LogP contribution < -0.4 is 0 Å². The molecule has 1 aromatic heterocycles. The number of nitrogens with zero attached hydrogens (tertiary/aromatic N) is 3. The van der Waals surface area contributed by atoms with E-state index >= 15 is 0 Å². The van der Waals surface area contributed by atoms with Gasteiger partial charge in [0, 0.05) is 45.4 Å². The number of hydrogen-bond acceptors (Lipinski definition) is 5. The molecule has 28 heavy (non-hydrogen) atoms. The molecule has 0 aliphatic carbocycles. The van der Waals surface area contributed by atoms with Crippen LogP contribution in [0.1, 0.15) is 49.6 Å². The van der Waals surface area contributed by atoms with Gasteiger partial charge in [-0.15, -0.1) is 0 Å². The maximum Gasteiger partial charge on any atom is 0.292 e. The second-order valence-electron chi connectivity index (χ2n) is 7.69. The van der Waals surface area contributed by atoms with Crippen molar-refractivity contribution in [1.29, 1.82) is 0 Å². The molecule has 3 aliphatic heterocycles. The predicted octanol–water partition coefficient (Wildman–Crippen LogP) is 1.47. The highest BCUT2D eigenvalue weighted by molar-refractivity contribution is 5.96. The van der Waals surface area contributed by atoms with E-state index in [-0.39, 0.29) is 30.1 Å². The minimum Gasteiger partial charge on any atom is -0.459 e. The maximum absolute atomic E-state index is 13.3. The van der Waals surface area contributed by atoms with Gasteiger partial charge in [-0.3, -0.25) is 19.3 Å². The van der Waals surface area contributed by atoms with Crippen LogP contribution in [0, 0.1) is 0 Å². The summed E-state index contributed by atoms with van der Waals surface area (Å²) in [7, 11) is 0. The number of carbonyl (C=O) groups excluding carboxylic acids is 3. The van der Waals surface area contributed by atoms with E-state index in [9.17, 15) is 14.4 Å². The van der Waals surface area contributed by atoms with Gasteiger partial charge in [0.05, 0.1) is 12.9 Å². The molecule has 8 nitrogen and oxygen atoms in total. The minimum absolute atomic E-state index is 0.0543. The third-order valence-electron chi connectivity index (χ3n) is 6.11. The zero-order chi connectivity index (χ0) is 19.7. The standard InChI is InChI=1S/C20H27N3O5/c1-2-17(24)21-11-7-20(8-12-21)23(19(26)16-6-5-13-27-16)15(14-28-20)18(25)22-9-3-4-10-22/h5-6,13,15H,2-4,7-12,14H2,1H3/t15-/m1/s1. The molecule has 1 spiro atoms. The highest BCUT2D eigenvalue weighted by Crippen LogP contribution is 2.39. The van der Waals surface area contributed by atoms with Gasteiger partial charge in [0.25, 0.3) is 5.91 Å². The van der Waals surface area contributed by atoms with Crippen molar-refractivity contribution in [3.8, 4) is 0 Å². The Labute approximate surface area is 164 Å². The molecule has 1 atom stereocenters. The second kappa shape index (κ2) is 7.58. The van der Waals surface area contributed by atoms with Gasteiger partial charge in [0.1, 0.15) is 11.8 Å². The predicted molar refractivity (Wildman–Crippen MR) is 99.3 cm³/mol. The molecule has 0 N–H and O–H groups in total. The summed E-state index contributed by atoms with van der Waals surface area (Å²) in [5, 5.41) is 0. The van der Waals surface area contributed by atoms with E-state index in [0.717, 1.165) is 25.9 Å². The number of rotatable bonds is 3. The van der Waals surface area contributed by atoms with Crippen LogP contribution in [0.3, 0.4) is 0 Å². The molecule has 4 rings (SSSR count). The highest BCUT2D eigenvalue weighted by Gasteiger charge is 2.55. The molecular formula is C20H27N3O5. The van der Waals surface area contributed by atoms with Crippen LogP contribution in [-0.4, -0.2) is 77.0 Å². The summed E-state index contributed by atoms with van der Waals surface area (Å²) < 4.78 is 11.5. The molecule has 3 aliphatic rings. The summed E-state index contributed by atoms with van der Waals surface area (Å²) in [4.78, 5) is 43.7. The zero-order valence-electron chi connectivity index (χ0n) is 16.3. The zero-order valence-corrected chi connectivity index (χ0v) is 16.3. The molecule has 3 fully saturated rings. The summed E-state index contributed by atoms with van der Waals surface area (Å²) in [6.45, 7) is 4.51. The summed E-state index contributed by atoms with van der Waals surface area (Å²) in [5.74, 6) is -0.0747. The van der Waals surface area contributed by atoms with Crippen molar-refractivity contribution >= 4 is 17.7 Å². The lowest BCUT2D eigenvalue weighted by molar-refractivity contribution is -0.145. The first-order valence-electron chi connectivity index (χ1n) is 10.1.